The minimum atomic E-state index is -0.667. The Hall–Kier alpha value is -3.52. The number of amides is 3. The van der Waals surface area contributed by atoms with Gasteiger partial charge in [0, 0.05) is 49.6 Å². The summed E-state index contributed by atoms with van der Waals surface area (Å²) in [6.07, 6.45) is 12.0. The van der Waals surface area contributed by atoms with Gasteiger partial charge in [0.2, 0.25) is 11.8 Å². The topological polar surface area (TPSA) is 87.5 Å². The van der Waals surface area contributed by atoms with Gasteiger partial charge in [-0.15, -0.1) is 0 Å². The van der Waals surface area contributed by atoms with E-state index in [1.165, 1.54) is 25.8 Å². The summed E-state index contributed by atoms with van der Waals surface area (Å²) in [5.41, 5.74) is 3.67. The van der Waals surface area contributed by atoms with Gasteiger partial charge in [-0.3, -0.25) is 29.3 Å². The number of piperidine rings is 2. The first-order valence-corrected chi connectivity index (χ1v) is 15.0. The number of carbonyl (C=O) groups excluding carboxylic acids is 3. The van der Waals surface area contributed by atoms with E-state index in [0.29, 0.717) is 18.0 Å². The van der Waals surface area contributed by atoms with Gasteiger partial charge in [-0.1, -0.05) is 38.5 Å². The summed E-state index contributed by atoms with van der Waals surface area (Å²) < 4.78 is 2.16. The Balaban J connectivity index is 0.00000142. The molecule has 7 rings (SSSR count). The van der Waals surface area contributed by atoms with Crippen LogP contribution in [0.15, 0.2) is 42.7 Å². The molecule has 0 radical (unpaired) electrons. The average molecular weight is 542 g/mol. The van der Waals surface area contributed by atoms with Gasteiger partial charge in [-0.25, -0.2) is 0 Å². The van der Waals surface area contributed by atoms with Crippen molar-refractivity contribution in [3.63, 3.8) is 0 Å². The highest BCUT2D eigenvalue weighted by Crippen LogP contribution is 2.41. The van der Waals surface area contributed by atoms with Crippen LogP contribution in [0.4, 0.5) is 5.69 Å². The molecule has 1 aromatic heterocycles. The summed E-state index contributed by atoms with van der Waals surface area (Å²) in [7, 11) is 0. The largest absolute Gasteiger partial charge is 0.303 e. The van der Waals surface area contributed by atoms with Crippen molar-refractivity contribution >= 4 is 34.2 Å². The SMILES string of the molecule is CC.O=C1CCC(N2C(=O)c3cccc4c(Cc5cnn(C6CCN(CC7CCC7)CC6)c5)ccc2c34)C(=O)N1. The highest BCUT2D eigenvalue weighted by molar-refractivity contribution is 6.27. The number of rotatable bonds is 6. The molecule has 4 aliphatic rings. The van der Waals surface area contributed by atoms with E-state index in [0.717, 1.165) is 65.9 Å². The number of carbonyl (C=O) groups is 3. The summed E-state index contributed by atoms with van der Waals surface area (Å²) in [5, 5.41) is 9.05. The van der Waals surface area contributed by atoms with E-state index >= 15 is 0 Å². The van der Waals surface area contributed by atoms with Crippen LogP contribution < -0.4 is 10.2 Å². The van der Waals surface area contributed by atoms with Crippen molar-refractivity contribution in [1.29, 1.82) is 0 Å². The van der Waals surface area contributed by atoms with Gasteiger partial charge in [0.15, 0.2) is 0 Å². The number of hydrogen-bond acceptors (Lipinski definition) is 5. The summed E-state index contributed by atoms with van der Waals surface area (Å²) in [4.78, 5) is 41.9. The fourth-order valence-corrected chi connectivity index (χ4v) is 6.75. The highest BCUT2D eigenvalue weighted by Gasteiger charge is 2.40. The molecule has 210 valence electrons. The molecule has 2 aromatic carbocycles. The van der Waals surface area contributed by atoms with Crippen molar-refractivity contribution in [1.82, 2.24) is 20.0 Å². The molecule has 3 aliphatic heterocycles. The molecule has 0 bridgehead atoms. The van der Waals surface area contributed by atoms with Crippen LogP contribution in [0.2, 0.25) is 0 Å². The van der Waals surface area contributed by atoms with Crippen LogP contribution >= 0.6 is 0 Å². The standard InChI is InChI=1S/C30H33N5O3.C2H6/c36-27-10-9-26(29(37)32-27)35-25-8-7-21(23-5-2-6-24(28(23)25)30(35)38)15-20-16-31-34(18-20)22-11-13-33(14-12-22)17-19-3-1-4-19;1-2/h2,5-8,16,18-19,22,26H,1,3-4,9-15,17H2,(H,32,36,37);1-2H3. The van der Waals surface area contributed by atoms with Crippen LogP contribution in [0.1, 0.15) is 86.3 Å². The summed E-state index contributed by atoms with van der Waals surface area (Å²) in [6.45, 7) is 7.58. The molecule has 2 saturated heterocycles. The molecule has 3 aromatic rings. The third-order valence-corrected chi connectivity index (χ3v) is 9.06. The van der Waals surface area contributed by atoms with Crippen LogP contribution in [0.3, 0.4) is 0 Å². The second-order valence-electron chi connectivity index (χ2n) is 11.4. The van der Waals surface area contributed by atoms with Gasteiger partial charge in [0.25, 0.3) is 5.91 Å². The van der Waals surface area contributed by atoms with Gasteiger partial charge in [-0.05, 0) is 66.7 Å². The van der Waals surface area contributed by atoms with Gasteiger partial charge in [0.05, 0.1) is 17.9 Å². The maximum atomic E-state index is 13.4. The van der Waals surface area contributed by atoms with Gasteiger partial charge in [-0.2, -0.15) is 5.10 Å². The van der Waals surface area contributed by atoms with E-state index in [4.69, 9.17) is 5.10 Å². The number of nitrogens with zero attached hydrogens (tertiary/aromatic N) is 4. The van der Waals surface area contributed by atoms with Crippen molar-refractivity contribution in [3.8, 4) is 0 Å². The first-order chi connectivity index (χ1) is 19.5. The summed E-state index contributed by atoms with van der Waals surface area (Å²) in [6, 6.07) is 9.61. The molecule has 1 unspecified atom stereocenters. The number of aromatic nitrogens is 2. The number of imide groups is 1. The van der Waals surface area contributed by atoms with Crippen LogP contribution in [0, 0.1) is 5.92 Å². The second kappa shape index (κ2) is 11.2. The van der Waals surface area contributed by atoms with E-state index < -0.39 is 11.9 Å². The number of likely N-dealkylation sites (tertiary alicyclic amines) is 1. The van der Waals surface area contributed by atoms with E-state index in [-0.39, 0.29) is 18.2 Å². The zero-order valence-corrected chi connectivity index (χ0v) is 23.6. The molecule has 4 heterocycles. The van der Waals surface area contributed by atoms with E-state index in [1.807, 2.05) is 38.2 Å². The van der Waals surface area contributed by atoms with Crippen LogP contribution in [-0.4, -0.2) is 58.1 Å². The molecule has 3 fully saturated rings. The normalized spacial score (nSPS) is 21.8. The van der Waals surface area contributed by atoms with Crippen molar-refractivity contribution < 1.29 is 14.4 Å². The molecule has 1 atom stereocenters. The minimum absolute atomic E-state index is 0.172. The Bertz CT molecular complexity index is 1430. The molecule has 1 aliphatic carbocycles. The van der Waals surface area contributed by atoms with E-state index in [9.17, 15) is 14.4 Å². The Kier molecular flexibility index (Phi) is 7.45. The monoisotopic (exact) mass is 541 g/mol. The molecular formula is C32H39N5O3. The molecular weight excluding hydrogens is 502 g/mol. The lowest BCUT2D eigenvalue weighted by Crippen LogP contribution is -2.53. The molecule has 0 spiro atoms. The van der Waals surface area contributed by atoms with Crippen LogP contribution in [0.5, 0.6) is 0 Å². The zero-order valence-electron chi connectivity index (χ0n) is 23.6. The number of benzene rings is 2. The van der Waals surface area contributed by atoms with Crippen LogP contribution in [-0.2, 0) is 16.0 Å². The zero-order chi connectivity index (χ0) is 27.8. The van der Waals surface area contributed by atoms with Crippen LogP contribution in [0.25, 0.3) is 10.8 Å². The van der Waals surface area contributed by atoms with E-state index in [1.54, 1.807) is 4.90 Å². The molecule has 40 heavy (non-hydrogen) atoms. The molecule has 8 heteroatoms. The maximum absolute atomic E-state index is 13.4. The van der Waals surface area contributed by atoms with Crippen molar-refractivity contribution in [2.45, 2.75) is 77.3 Å². The lowest BCUT2D eigenvalue weighted by molar-refractivity contribution is -0.134. The molecule has 3 amide bonds. The average Bonchev–Trinajstić information content (AvgIpc) is 3.53. The fourth-order valence-electron chi connectivity index (χ4n) is 6.75. The lowest BCUT2D eigenvalue weighted by Gasteiger charge is -2.36. The number of nitrogens with one attached hydrogen (secondary N) is 1. The summed E-state index contributed by atoms with van der Waals surface area (Å²) >= 11 is 0. The van der Waals surface area contributed by atoms with Gasteiger partial charge >= 0.3 is 0 Å². The predicted molar refractivity (Wildman–Crippen MR) is 155 cm³/mol. The second-order valence-corrected chi connectivity index (χ2v) is 11.4. The van der Waals surface area contributed by atoms with Crippen molar-refractivity contribution in [2.24, 2.45) is 5.92 Å². The van der Waals surface area contributed by atoms with Gasteiger partial charge in [0.1, 0.15) is 6.04 Å². The summed E-state index contributed by atoms with van der Waals surface area (Å²) in [5.74, 6) is 0.0670. The van der Waals surface area contributed by atoms with E-state index in [2.05, 4.69) is 33.2 Å². The number of hydrogen-bond donors (Lipinski definition) is 1. The van der Waals surface area contributed by atoms with Crippen molar-refractivity contribution in [2.75, 3.05) is 24.5 Å². The third-order valence-electron chi connectivity index (χ3n) is 9.06. The molecule has 1 N–H and O–H groups in total. The maximum Gasteiger partial charge on any atom is 0.259 e. The Morgan fingerprint density at radius 1 is 0.975 bits per heavy atom. The number of anilines is 1. The lowest BCUT2D eigenvalue weighted by atomic mass is 9.84. The molecule has 8 nitrogen and oxygen atoms in total. The Labute approximate surface area is 235 Å². The minimum Gasteiger partial charge on any atom is -0.303 e. The fraction of sp³-hybridized carbons (Fsp3) is 0.500. The quantitative estimate of drug-likeness (QED) is 0.451. The van der Waals surface area contributed by atoms with Gasteiger partial charge < -0.3 is 4.90 Å². The van der Waals surface area contributed by atoms with Crippen molar-refractivity contribution in [3.05, 3.63) is 59.4 Å². The molecule has 1 saturated carbocycles. The first kappa shape index (κ1) is 26.7. The Morgan fingerprint density at radius 3 is 2.50 bits per heavy atom. The third kappa shape index (κ3) is 4.83. The first-order valence-electron chi connectivity index (χ1n) is 15.0. The predicted octanol–water partition coefficient (Wildman–Crippen LogP) is 4.86. The Morgan fingerprint density at radius 2 is 1.77 bits per heavy atom. The highest BCUT2D eigenvalue weighted by atomic mass is 16.2. The smallest absolute Gasteiger partial charge is 0.259 e.